The third kappa shape index (κ3) is 5.86. The van der Waals surface area contributed by atoms with E-state index in [0.29, 0.717) is 17.1 Å². The molecule has 27 heavy (non-hydrogen) atoms. The van der Waals surface area contributed by atoms with Crippen LogP contribution in [0.2, 0.25) is 5.02 Å². The van der Waals surface area contributed by atoms with Crippen molar-refractivity contribution in [1.29, 1.82) is 0 Å². The molecule has 1 saturated heterocycles. The highest BCUT2D eigenvalue weighted by molar-refractivity contribution is 6.30. The standard InChI is InChI=1S/C20H22ClF3N2O/c21-16-8-9-18(27-13-20(22,23)24)15(11-16)12-26-17-7-4-10-25-19(17)14-5-2-1-3-6-14/h1-3,5-6,8-9,11,17,19,25-26H,4,7,10,12-13H2/t17-,19-/m0/s1. The predicted molar refractivity (Wildman–Crippen MR) is 100 cm³/mol. The molecule has 2 atom stereocenters. The molecule has 7 heteroatoms. The van der Waals surface area contributed by atoms with Crippen molar-refractivity contribution in [2.24, 2.45) is 0 Å². The SMILES string of the molecule is FC(F)(F)COc1ccc(Cl)cc1CN[C@H]1CCCN[C@H]1c1ccccc1. The Balaban J connectivity index is 1.70. The number of piperidine rings is 1. The molecule has 1 aliphatic heterocycles. The highest BCUT2D eigenvalue weighted by Crippen LogP contribution is 2.28. The lowest BCUT2D eigenvalue weighted by Crippen LogP contribution is -2.45. The maximum Gasteiger partial charge on any atom is 0.422 e. The van der Waals surface area contributed by atoms with Crippen molar-refractivity contribution in [3.63, 3.8) is 0 Å². The zero-order valence-electron chi connectivity index (χ0n) is 14.7. The summed E-state index contributed by atoms with van der Waals surface area (Å²) in [4.78, 5) is 0. The number of ether oxygens (including phenoxy) is 1. The van der Waals surface area contributed by atoms with E-state index in [4.69, 9.17) is 16.3 Å². The van der Waals surface area contributed by atoms with Crippen molar-refractivity contribution < 1.29 is 17.9 Å². The molecular weight excluding hydrogens is 377 g/mol. The topological polar surface area (TPSA) is 33.3 Å². The van der Waals surface area contributed by atoms with Gasteiger partial charge >= 0.3 is 6.18 Å². The van der Waals surface area contributed by atoms with Crippen LogP contribution in [0.25, 0.3) is 0 Å². The van der Waals surface area contributed by atoms with Gasteiger partial charge in [-0.3, -0.25) is 0 Å². The number of hydrogen-bond donors (Lipinski definition) is 2. The second-order valence-corrected chi connectivity index (χ2v) is 7.06. The lowest BCUT2D eigenvalue weighted by Gasteiger charge is -2.34. The van der Waals surface area contributed by atoms with Crippen molar-refractivity contribution in [1.82, 2.24) is 10.6 Å². The Morgan fingerprint density at radius 2 is 1.93 bits per heavy atom. The predicted octanol–water partition coefficient (Wildman–Crippen LogP) is 4.86. The second-order valence-electron chi connectivity index (χ2n) is 6.63. The quantitative estimate of drug-likeness (QED) is 0.728. The van der Waals surface area contributed by atoms with Crippen molar-refractivity contribution in [3.8, 4) is 5.75 Å². The molecule has 0 spiro atoms. The molecule has 1 fully saturated rings. The maximum atomic E-state index is 12.5. The van der Waals surface area contributed by atoms with Crippen LogP contribution in [0.3, 0.4) is 0 Å². The summed E-state index contributed by atoms with van der Waals surface area (Å²) in [6.45, 7) is -0.00244. The highest BCUT2D eigenvalue weighted by Gasteiger charge is 2.29. The first kappa shape index (κ1) is 20.0. The van der Waals surface area contributed by atoms with Crippen molar-refractivity contribution in [2.45, 2.75) is 37.6 Å². The second kappa shape index (κ2) is 8.95. The van der Waals surface area contributed by atoms with Crippen LogP contribution in [-0.2, 0) is 6.54 Å². The molecule has 2 N–H and O–H groups in total. The molecule has 0 saturated carbocycles. The van der Waals surface area contributed by atoms with Gasteiger partial charge in [-0.2, -0.15) is 13.2 Å². The number of nitrogens with one attached hydrogen (secondary N) is 2. The van der Waals surface area contributed by atoms with Gasteiger partial charge in [-0.1, -0.05) is 41.9 Å². The lowest BCUT2D eigenvalue weighted by atomic mass is 9.92. The molecule has 1 aliphatic rings. The molecule has 0 unspecified atom stereocenters. The van der Waals surface area contributed by atoms with Gasteiger partial charge < -0.3 is 15.4 Å². The first-order valence-electron chi connectivity index (χ1n) is 8.92. The van der Waals surface area contributed by atoms with E-state index in [-0.39, 0.29) is 17.8 Å². The Hall–Kier alpha value is -1.76. The Bertz CT molecular complexity index is 740. The molecular formula is C20H22ClF3N2O. The normalized spacial score (nSPS) is 20.4. The van der Waals surface area contributed by atoms with Crippen molar-refractivity contribution in [2.75, 3.05) is 13.2 Å². The van der Waals surface area contributed by atoms with Gasteiger partial charge in [0.25, 0.3) is 0 Å². The monoisotopic (exact) mass is 398 g/mol. The summed E-state index contributed by atoms with van der Waals surface area (Å²) in [5, 5.41) is 7.46. The number of benzene rings is 2. The summed E-state index contributed by atoms with van der Waals surface area (Å²) in [5.41, 5.74) is 1.80. The van der Waals surface area contributed by atoms with E-state index in [0.717, 1.165) is 19.4 Å². The van der Waals surface area contributed by atoms with Gasteiger partial charge in [0.15, 0.2) is 6.61 Å². The summed E-state index contributed by atoms with van der Waals surface area (Å²) in [7, 11) is 0. The fraction of sp³-hybridized carbons (Fsp3) is 0.400. The zero-order valence-corrected chi connectivity index (χ0v) is 15.5. The van der Waals surface area contributed by atoms with E-state index in [1.54, 1.807) is 6.07 Å². The average molecular weight is 399 g/mol. The molecule has 0 bridgehead atoms. The summed E-state index contributed by atoms with van der Waals surface area (Å²) in [6.07, 6.45) is -2.37. The first-order valence-corrected chi connectivity index (χ1v) is 9.30. The van der Waals surface area contributed by atoms with Crippen LogP contribution in [0.4, 0.5) is 13.2 Å². The Kier molecular flexibility index (Phi) is 6.63. The molecule has 0 amide bonds. The number of alkyl halides is 3. The van der Waals surface area contributed by atoms with E-state index in [9.17, 15) is 13.2 Å². The molecule has 0 radical (unpaired) electrons. The molecule has 2 aromatic rings. The molecule has 1 heterocycles. The molecule has 0 aliphatic carbocycles. The molecule has 3 rings (SSSR count). The minimum Gasteiger partial charge on any atom is -0.484 e. The number of halogens is 4. The van der Waals surface area contributed by atoms with Crippen molar-refractivity contribution >= 4 is 11.6 Å². The lowest BCUT2D eigenvalue weighted by molar-refractivity contribution is -0.153. The van der Waals surface area contributed by atoms with E-state index in [1.165, 1.54) is 17.7 Å². The molecule has 0 aromatic heterocycles. The van der Waals surface area contributed by atoms with E-state index in [1.807, 2.05) is 18.2 Å². The Morgan fingerprint density at radius 3 is 2.67 bits per heavy atom. The number of hydrogen-bond acceptors (Lipinski definition) is 3. The summed E-state index contributed by atoms with van der Waals surface area (Å²) in [6, 6.07) is 15.1. The van der Waals surface area contributed by atoms with Gasteiger partial charge in [0.05, 0.1) is 0 Å². The fourth-order valence-electron chi connectivity index (χ4n) is 3.35. The first-order chi connectivity index (χ1) is 12.9. The van der Waals surface area contributed by atoms with Gasteiger partial charge in [0, 0.05) is 29.2 Å². The van der Waals surface area contributed by atoms with Crippen LogP contribution >= 0.6 is 11.6 Å². The van der Waals surface area contributed by atoms with E-state index < -0.39 is 12.8 Å². The zero-order chi connectivity index (χ0) is 19.3. The Labute approximate surface area is 161 Å². The maximum absolute atomic E-state index is 12.5. The van der Waals surface area contributed by atoms with Crippen molar-refractivity contribution in [3.05, 3.63) is 64.7 Å². The molecule has 146 valence electrons. The van der Waals surface area contributed by atoms with Gasteiger partial charge in [-0.25, -0.2) is 0 Å². The molecule has 3 nitrogen and oxygen atoms in total. The average Bonchev–Trinajstić information content (AvgIpc) is 2.66. The van der Waals surface area contributed by atoms with Gasteiger partial charge in [-0.15, -0.1) is 0 Å². The van der Waals surface area contributed by atoms with Gasteiger partial charge in [0.1, 0.15) is 5.75 Å². The molecule has 2 aromatic carbocycles. The number of rotatable bonds is 6. The largest absolute Gasteiger partial charge is 0.484 e. The third-order valence-corrected chi connectivity index (χ3v) is 4.82. The third-order valence-electron chi connectivity index (χ3n) is 4.59. The summed E-state index contributed by atoms with van der Waals surface area (Å²) < 4.78 is 42.4. The summed E-state index contributed by atoms with van der Waals surface area (Å²) >= 11 is 6.04. The van der Waals surface area contributed by atoms with Crippen LogP contribution in [0.5, 0.6) is 5.75 Å². The van der Waals surface area contributed by atoms with E-state index in [2.05, 4.69) is 22.8 Å². The smallest absolute Gasteiger partial charge is 0.422 e. The summed E-state index contributed by atoms with van der Waals surface area (Å²) in [5.74, 6) is 0.198. The van der Waals surface area contributed by atoms with Crippen LogP contribution < -0.4 is 15.4 Å². The van der Waals surface area contributed by atoms with E-state index >= 15 is 0 Å². The fourth-order valence-corrected chi connectivity index (χ4v) is 3.54. The van der Waals surface area contributed by atoms with Crippen LogP contribution in [0.15, 0.2) is 48.5 Å². The highest BCUT2D eigenvalue weighted by atomic mass is 35.5. The minimum absolute atomic E-state index is 0.152. The van der Waals surface area contributed by atoms with Crippen LogP contribution in [0, 0.1) is 0 Å². The van der Waals surface area contributed by atoms with Crippen LogP contribution in [0.1, 0.15) is 30.0 Å². The van der Waals surface area contributed by atoms with Gasteiger partial charge in [0.2, 0.25) is 0 Å². The van der Waals surface area contributed by atoms with Gasteiger partial charge in [-0.05, 0) is 43.1 Å². The van der Waals surface area contributed by atoms with Crippen LogP contribution in [-0.4, -0.2) is 25.4 Å². The Morgan fingerprint density at radius 1 is 1.15 bits per heavy atom. The minimum atomic E-state index is -4.38.